The van der Waals surface area contributed by atoms with Crippen molar-refractivity contribution in [2.24, 2.45) is 0 Å². The lowest BCUT2D eigenvalue weighted by Crippen LogP contribution is -2.33. The van der Waals surface area contributed by atoms with Crippen LogP contribution in [-0.4, -0.2) is 41.9 Å². The molecule has 0 radical (unpaired) electrons. The molecule has 60 valence electrons. The van der Waals surface area contributed by atoms with Crippen molar-refractivity contribution < 1.29 is 5.11 Å². The minimum atomic E-state index is 0.263. The molecule has 0 aromatic rings. The van der Waals surface area contributed by atoms with E-state index in [1.54, 1.807) is 0 Å². The Bertz CT molecular complexity index is 106. The fourth-order valence-electron chi connectivity index (χ4n) is 1.30. The molecule has 0 aromatic heterocycles. The molecule has 0 saturated carbocycles. The summed E-state index contributed by atoms with van der Waals surface area (Å²) < 4.78 is 0. The van der Waals surface area contributed by atoms with Gasteiger partial charge in [-0.05, 0) is 13.8 Å². The molecule has 3 heteroatoms. The first-order valence-corrected chi connectivity index (χ1v) is 3.84. The van der Waals surface area contributed by atoms with Crippen LogP contribution in [0.15, 0.2) is 0 Å². The zero-order chi connectivity index (χ0) is 7.56. The van der Waals surface area contributed by atoms with Gasteiger partial charge in [0.2, 0.25) is 0 Å². The largest absolute Gasteiger partial charge is 0.395 e. The molecule has 0 amide bonds. The van der Waals surface area contributed by atoms with Gasteiger partial charge in [-0.1, -0.05) is 0 Å². The van der Waals surface area contributed by atoms with Crippen molar-refractivity contribution in [1.82, 2.24) is 10.2 Å². The molecule has 1 rings (SSSR count). The van der Waals surface area contributed by atoms with E-state index in [-0.39, 0.29) is 6.61 Å². The van der Waals surface area contributed by atoms with Gasteiger partial charge in [0, 0.05) is 25.3 Å². The van der Waals surface area contributed by atoms with E-state index in [0.717, 1.165) is 13.2 Å². The van der Waals surface area contributed by atoms with Crippen LogP contribution < -0.4 is 5.32 Å². The van der Waals surface area contributed by atoms with Crippen molar-refractivity contribution in [3.05, 3.63) is 0 Å². The molecule has 0 aliphatic carbocycles. The molecule has 0 spiro atoms. The molecule has 0 aromatic carbocycles. The molecular formula is C7H16N2O. The molecular weight excluding hydrogens is 128 g/mol. The zero-order valence-electron chi connectivity index (χ0n) is 6.67. The lowest BCUT2D eigenvalue weighted by atomic mass is 10.2. The molecule has 2 N–H and O–H groups in total. The third-order valence-electron chi connectivity index (χ3n) is 2.30. The van der Waals surface area contributed by atoms with E-state index in [4.69, 9.17) is 5.11 Å². The molecule has 1 heterocycles. The SMILES string of the molecule is CC1NCN(CCO)C1C. The van der Waals surface area contributed by atoms with Crippen LogP contribution in [0.3, 0.4) is 0 Å². The quantitative estimate of drug-likeness (QED) is 0.554. The van der Waals surface area contributed by atoms with Gasteiger partial charge in [-0.25, -0.2) is 0 Å². The summed E-state index contributed by atoms with van der Waals surface area (Å²) in [5.74, 6) is 0. The van der Waals surface area contributed by atoms with Gasteiger partial charge in [0.15, 0.2) is 0 Å². The highest BCUT2D eigenvalue weighted by molar-refractivity contribution is 4.83. The Balaban J connectivity index is 2.33. The Kier molecular flexibility index (Phi) is 2.65. The van der Waals surface area contributed by atoms with Crippen LogP contribution in [0.4, 0.5) is 0 Å². The van der Waals surface area contributed by atoms with Crippen LogP contribution in [0.5, 0.6) is 0 Å². The summed E-state index contributed by atoms with van der Waals surface area (Å²) >= 11 is 0. The summed E-state index contributed by atoms with van der Waals surface area (Å²) in [5, 5.41) is 12.0. The highest BCUT2D eigenvalue weighted by Gasteiger charge is 2.25. The van der Waals surface area contributed by atoms with E-state index in [1.807, 2.05) is 0 Å². The minimum absolute atomic E-state index is 0.263. The normalized spacial score (nSPS) is 35.1. The van der Waals surface area contributed by atoms with Gasteiger partial charge in [0.1, 0.15) is 0 Å². The van der Waals surface area contributed by atoms with E-state index in [2.05, 4.69) is 24.1 Å². The van der Waals surface area contributed by atoms with Crippen LogP contribution >= 0.6 is 0 Å². The molecule has 1 aliphatic rings. The van der Waals surface area contributed by atoms with Crippen molar-refractivity contribution in [3.63, 3.8) is 0 Å². The first kappa shape index (κ1) is 7.98. The Morgan fingerprint density at radius 1 is 1.60 bits per heavy atom. The van der Waals surface area contributed by atoms with Crippen molar-refractivity contribution in [3.8, 4) is 0 Å². The summed E-state index contributed by atoms with van der Waals surface area (Å²) in [7, 11) is 0. The first-order chi connectivity index (χ1) is 4.75. The maximum Gasteiger partial charge on any atom is 0.0559 e. The Morgan fingerprint density at radius 3 is 2.70 bits per heavy atom. The van der Waals surface area contributed by atoms with Crippen LogP contribution in [-0.2, 0) is 0 Å². The third kappa shape index (κ3) is 1.48. The number of β-amino-alcohol motifs (C(OH)–C–C–N with tert-alkyl or cyclic N) is 1. The van der Waals surface area contributed by atoms with Crippen LogP contribution in [0.25, 0.3) is 0 Å². The van der Waals surface area contributed by atoms with E-state index in [1.165, 1.54) is 0 Å². The van der Waals surface area contributed by atoms with E-state index < -0.39 is 0 Å². The first-order valence-electron chi connectivity index (χ1n) is 3.84. The average Bonchev–Trinajstić information content (AvgIpc) is 2.20. The Morgan fingerprint density at radius 2 is 2.30 bits per heavy atom. The fraction of sp³-hybridized carbons (Fsp3) is 1.00. The average molecular weight is 144 g/mol. The third-order valence-corrected chi connectivity index (χ3v) is 2.30. The van der Waals surface area contributed by atoms with Crippen molar-refractivity contribution in [2.45, 2.75) is 25.9 Å². The highest BCUT2D eigenvalue weighted by Crippen LogP contribution is 2.08. The molecule has 1 saturated heterocycles. The van der Waals surface area contributed by atoms with Crippen molar-refractivity contribution >= 4 is 0 Å². The standard InChI is InChI=1S/C7H16N2O/c1-6-7(2)9(3-4-10)5-8-6/h6-8,10H,3-5H2,1-2H3. The lowest BCUT2D eigenvalue weighted by molar-refractivity contribution is 0.188. The van der Waals surface area contributed by atoms with E-state index >= 15 is 0 Å². The number of nitrogens with one attached hydrogen (secondary N) is 1. The molecule has 1 fully saturated rings. The topological polar surface area (TPSA) is 35.5 Å². The van der Waals surface area contributed by atoms with Crippen LogP contribution in [0.2, 0.25) is 0 Å². The summed E-state index contributed by atoms with van der Waals surface area (Å²) in [6, 6.07) is 1.12. The molecule has 3 nitrogen and oxygen atoms in total. The second-order valence-electron chi connectivity index (χ2n) is 2.93. The molecule has 2 atom stereocenters. The van der Waals surface area contributed by atoms with Gasteiger partial charge >= 0.3 is 0 Å². The predicted octanol–water partition coefficient (Wildman–Crippen LogP) is -0.382. The van der Waals surface area contributed by atoms with Gasteiger partial charge in [-0.15, -0.1) is 0 Å². The fourth-order valence-corrected chi connectivity index (χ4v) is 1.30. The Hall–Kier alpha value is -0.120. The lowest BCUT2D eigenvalue weighted by Gasteiger charge is -2.19. The van der Waals surface area contributed by atoms with E-state index in [0.29, 0.717) is 12.1 Å². The summed E-state index contributed by atoms with van der Waals surface area (Å²) in [5.41, 5.74) is 0. The number of nitrogens with zero attached hydrogens (tertiary/aromatic N) is 1. The number of rotatable bonds is 2. The summed E-state index contributed by atoms with van der Waals surface area (Å²) in [6.07, 6.45) is 0. The number of hydrogen-bond donors (Lipinski definition) is 2. The minimum Gasteiger partial charge on any atom is -0.395 e. The molecule has 2 unspecified atom stereocenters. The van der Waals surface area contributed by atoms with Crippen molar-refractivity contribution in [2.75, 3.05) is 19.8 Å². The predicted molar refractivity (Wildman–Crippen MR) is 40.7 cm³/mol. The molecule has 0 bridgehead atoms. The smallest absolute Gasteiger partial charge is 0.0559 e. The second kappa shape index (κ2) is 3.32. The monoisotopic (exact) mass is 144 g/mol. The van der Waals surface area contributed by atoms with Gasteiger partial charge in [0.05, 0.1) is 6.61 Å². The maximum absolute atomic E-state index is 8.66. The molecule has 1 aliphatic heterocycles. The van der Waals surface area contributed by atoms with Crippen LogP contribution in [0.1, 0.15) is 13.8 Å². The zero-order valence-corrected chi connectivity index (χ0v) is 6.67. The van der Waals surface area contributed by atoms with Gasteiger partial charge < -0.3 is 10.4 Å². The second-order valence-corrected chi connectivity index (χ2v) is 2.93. The van der Waals surface area contributed by atoms with Crippen molar-refractivity contribution in [1.29, 1.82) is 0 Å². The number of aliphatic hydroxyl groups is 1. The maximum atomic E-state index is 8.66. The van der Waals surface area contributed by atoms with E-state index in [9.17, 15) is 0 Å². The summed E-state index contributed by atoms with van der Waals surface area (Å²) in [6.45, 7) is 6.32. The number of aliphatic hydroxyl groups excluding tert-OH is 1. The highest BCUT2D eigenvalue weighted by atomic mass is 16.3. The van der Waals surface area contributed by atoms with Gasteiger partial charge in [0.25, 0.3) is 0 Å². The van der Waals surface area contributed by atoms with Gasteiger partial charge in [-0.2, -0.15) is 0 Å². The Labute approximate surface area is 62.0 Å². The number of hydrogen-bond acceptors (Lipinski definition) is 3. The van der Waals surface area contributed by atoms with Gasteiger partial charge in [-0.3, -0.25) is 4.90 Å². The van der Waals surface area contributed by atoms with Crippen LogP contribution in [0, 0.1) is 0 Å². The molecule has 10 heavy (non-hydrogen) atoms. The summed E-state index contributed by atoms with van der Waals surface area (Å²) in [4.78, 5) is 2.24.